The smallest absolute Gasteiger partial charge is 0.317 e. The molecule has 2 rings (SSSR count). The molecule has 0 spiro atoms. The van der Waals surface area contributed by atoms with Crippen molar-refractivity contribution in [2.24, 2.45) is 0 Å². The van der Waals surface area contributed by atoms with E-state index in [-0.39, 0.29) is 6.54 Å². The molecule has 0 atom stereocenters. The van der Waals surface area contributed by atoms with E-state index in [1.807, 2.05) is 16.2 Å². The predicted octanol–water partition coefficient (Wildman–Crippen LogP) is 1.90. The first-order valence-corrected chi connectivity index (χ1v) is 7.73. The maximum Gasteiger partial charge on any atom is 0.317 e. The van der Waals surface area contributed by atoms with Crippen molar-refractivity contribution in [3.8, 4) is 0 Å². The standard InChI is InChI=1S/C14H22N2O2S/c1-2-12-4-5-13(19-12)10-15-6-3-7-16(9-8-15)11-14(17)18/h4-5H,2-3,6-11H2,1H3,(H,17,18). The van der Waals surface area contributed by atoms with Gasteiger partial charge < -0.3 is 5.11 Å². The van der Waals surface area contributed by atoms with Gasteiger partial charge in [0, 0.05) is 35.9 Å². The van der Waals surface area contributed by atoms with Gasteiger partial charge in [0.2, 0.25) is 0 Å². The average Bonchev–Trinajstić information content (AvgIpc) is 2.71. The van der Waals surface area contributed by atoms with Crippen molar-refractivity contribution >= 4 is 17.3 Å². The highest BCUT2D eigenvalue weighted by Gasteiger charge is 2.17. The molecule has 1 aromatic heterocycles. The van der Waals surface area contributed by atoms with Gasteiger partial charge in [0.05, 0.1) is 6.54 Å². The molecular formula is C14H22N2O2S. The number of aryl methyl sites for hydroxylation is 1. The number of nitrogens with zero attached hydrogens (tertiary/aromatic N) is 2. The van der Waals surface area contributed by atoms with Crippen molar-refractivity contribution in [3.63, 3.8) is 0 Å². The van der Waals surface area contributed by atoms with Crippen LogP contribution < -0.4 is 0 Å². The molecule has 4 nitrogen and oxygen atoms in total. The summed E-state index contributed by atoms with van der Waals surface area (Å²) in [5.74, 6) is -0.723. The Morgan fingerprint density at radius 2 is 1.89 bits per heavy atom. The van der Waals surface area contributed by atoms with Crippen molar-refractivity contribution in [3.05, 3.63) is 21.9 Å². The SMILES string of the molecule is CCc1ccc(CN2CCCN(CC(=O)O)CC2)s1. The maximum absolute atomic E-state index is 10.7. The zero-order valence-corrected chi connectivity index (χ0v) is 12.3. The molecular weight excluding hydrogens is 260 g/mol. The van der Waals surface area contributed by atoms with E-state index in [0.29, 0.717) is 0 Å². The Balaban J connectivity index is 1.83. The molecule has 5 heteroatoms. The van der Waals surface area contributed by atoms with E-state index >= 15 is 0 Å². The van der Waals surface area contributed by atoms with Gasteiger partial charge in [0.25, 0.3) is 0 Å². The Hall–Kier alpha value is -0.910. The summed E-state index contributed by atoms with van der Waals surface area (Å²) in [5.41, 5.74) is 0. The molecule has 0 amide bonds. The summed E-state index contributed by atoms with van der Waals surface area (Å²) in [6.07, 6.45) is 2.16. The Morgan fingerprint density at radius 3 is 2.58 bits per heavy atom. The van der Waals surface area contributed by atoms with Crippen molar-refractivity contribution in [1.82, 2.24) is 9.80 Å². The van der Waals surface area contributed by atoms with Crippen LogP contribution in [0.5, 0.6) is 0 Å². The van der Waals surface area contributed by atoms with Crippen LogP contribution in [0, 0.1) is 0 Å². The Kier molecular flexibility index (Phi) is 5.36. The molecule has 1 aromatic rings. The van der Waals surface area contributed by atoms with Crippen LogP contribution in [0.4, 0.5) is 0 Å². The van der Waals surface area contributed by atoms with Gasteiger partial charge in [-0.1, -0.05) is 6.92 Å². The summed E-state index contributed by atoms with van der Waals surface area (Å²) in [4.78, 5) is 18.1. The van der Waals surface area contributed by atoms with Crippen LogP contribution in [0.3, 0.4) is 0 Å². The zero-order valence-electron chi connectivity index (χ0n) is 11.5. The molecule has 0 unspecified atom stereocenters. The number of hydrogen-bond donors (Lipinski definition) is 1. The molecule has 1 N–H and O–H groups in total. The monoisotopic (exact) mass is 282 g/mol. The average molecular weight is 282 g/mol. The van der Waals surface area contributed by atoms with Crippen LogP contribution in [-0.4, -0.2) is 53.6 Å². The fraction of sp³-hybridized carbons (Fsp3) is 0.643. The second kappa shape index (κ2) is 7.03. The van der Waals surface area contributed by atoms with E-state index < -0.39 is 5.97 Å². The molecule has 0 aromatic carbocycles. The highest BCUT2D eigenvalue weighted by molar-refractivity contribution is 7.11. The quantitative estimate of drug-likeness (QED) is 0.896. The summed E-state index contributed by atoms with van der Waals surface area (Å²) >= 11 is 1.90. The van der Waals surface area contributed by atoms with Crippen LogP contribution in [0.15, 0.2) is 12.1 Å². The van der Waals surface area contributed by atoms with E-state index in [2.05, 4.69) is 24.0 Å². The molecule has 2 heterocycles. The van der Waals surface area contributed by atoms with E-state index in [1.54, 1.807) is 0 Å². The van der Waals surface area contributed by atoms with E-state index in [4.69, 9.17) is 5.11 Å². The normalized spacial score (nSPS) is 18.4. The lowest BCUT2D eigenvalue weighted by Gasteiger charge is -2.20. The first-order valence-electron chi connectivity index (χ1n) is 6.91. The topological polar surface area (TPSA) is 43.8 Å². The van der Waals surface area contributed by atoms with Gasteiger partial charge in [-0.2, -0.15) is 0 Å². The van der Waals surface area contributed by atoms with Crippen molar-refractivity contribution in [1.29, 1.82) is 0 Å². The summed E-state index contributed by atoms with van der Waals surface area (Å²) in [7, 11) is 0. The number of carboxylic acid groups (broad SMARTS) is 1. The zero-order chi connectivity index (χ0) is 13.7. The van der Waals surface area contributed by atoms with E-state index in [9.17, 15) is 4.79 Å². The van der Waals surface area contributed by atoms with E-state index in [1.165, 1.54) is 9.75 Å². The summed E-state index contributed by atoms with van der Waals surface area (Å²) in [6, 6.07) is 4.44. The minimum Gasteiger partial charge on any atom is -0.480 e. The number of thiophene rings is 1. The van der Waals surface area contributed by atoms with Crippen molar-refractivity contribution in [2.75, 3.05) is 32.7 Å². The number of carboxylic acids is 1. The minimum atomic E-state index is -0.723. The molecule has 1 aliphatic heterocycles. The third kappa shape index (κ3) is 4.60. The van der Waals surface area contributed by atoms with Crippen LogP contribution in [0.25, 0.3) is 0 Å². The van der Waals surface area contributed by atoms with Gasteiger partial charge in [0.1, 0.15) is 0 Å². The van der Waals surface area contributed by atoms with Gasteiger partial charge in [-0.15, -0.1) is 11.3 Å². The van der Waals surface area contributed by atoms with Crippen molar-refractivity contribution in [2.45, 2.75) is 26.3 Å². The van der Waals surface area contributed by atoms with Gasteiger partial charge in [0.15, 0.2) is 0 Å². The van der Waals surface area contributed by atoms with Crippen LogP contribution >= 0.6 is 11.3 Å². The summed E-state index contributed by atoms with van der Waals surface area (Å²) in [5, 5.41) is 8.83. The van der Waals surface area contributed by atoms with Crippen LogP contribution in [-0.2, 0) is 17.8 Å². The second-order valence-corrected chi connectivity index (χ2v) is 6.27. The first kappa shape index (κ1) is 14.5. The highest BCUT2D eigenvalue weighted by atomic mass is 32.1. The minimum absolute atomic E-state index is 0.173. The van der Waals surface area contributed by atoms with E-state index in [0.717, 1.165) is 45.6 Å². The lowest BCUT2D eigenvalue weighted by Crippen LogP contribution is -2.33. The molecule has 1 fully saturated rings. The third-order valence-electron chi connectivity index (χ3n) is 3.49. The largest absolute Gasteiger partial charge is 0.480 e. The molecule has 1 aliphatic rings. The Labute approximate surface area is 118 Å². The number of carbonyl (C=O) groups is 1. The van der Waals surface area contributed by atoms with Gasteiger partial charge in [-0.05, 0) is 31.5 Å². The third-order valence-corrected chi connectivity index (χ3v) is 4.70. The molecule has 19 heavy (non-hydrogen) atoms. The molecule has 0 bridgehead atoms. The fourth-order valence-electron chi connectivity index (χ4n) is 2.45. The fourth-order valence-corrected chi connectivity index (χ4v) is 3.45. The lowest BCUT2D eigenvalue weighted by atomic mass is 10.3. The molecule has 0 aliphatic carbocycles. The van der Waals surface area contributed by atoms with Crippen LogP contribution in [0.1, 0.15) is 23.1 Å². The second-order valence-electron chi connectivity index (χ2n) is 5.02. The molecule has 1 saturated heterocycles. The molecule has 0 radical (unpaired) electrons. The lowest BCUT2D eigenvalue weighted by molar-refractivity contribution is -0.138. The van der Waals surface area contributed by atoms with Crippen molar-refractivity contribution < 1.29 is 9.90 Å². The number of hydrogen-bond acceptors (Lipinski definition) is 4. The first-order chi connectivity index (χ1) is 9.17. The van der Waals surface area contributed by atoms with Gasteiger partial charge in [-0.3, -0.25) is 14.6 Å². The maximum atomic E-state index is 10.7. The summed E-state index contributed by atoms with van der Waals surface area (Å²) < 4.78 is 0. The van der Waals surface area contributed by atoms with Gasteiger partial charge >= 0.3 is 5.97 Å². The van der Waals surface area contributed by atoms with Crippen LogP contribution in [0.2, 0.25) is 0 Å². The molecule has 106 valence electrons. The predicted molar refractivity (Wildman–Crippen MR) is 77.7 cm³/mol. The Morgan fingerprint density at radius 1 is 1.21 bits per heavy atom. The molecule has 0 saturated carbocycles. The highest BCUT2D eigenvalue weighted by Crippen LogP contribution is 2.19. The summed E-state index contributed by atoms with van der Waals surface area (Å²) in [6.45, 7) is 7.15. The number of rotatable bonds is 5. The number of aliphatic carboxylic acids is 1. The van der Waals surface area contributed by atoms with Gasteiger partial charge in [-0.25, -0.2) is 0 Å². The Bertz CT molecular complexity index is 419.